The second kappa shape index (κ2) is 13.2. The van der Waals surface area contributed by atoms with Crippen LogP contribution in [-0.4, -0.2) is 37.3 Å². The van der Waals surface area contributed by atoms with Gasteiger partial charge in [0.05, 0.1) is 52.7 Å². The molecule has 3 heterocycles. The number of aromatic nitrogens is 1. The molecule has 11 heteroatoms. The number of ether oxygens (including phenoxy) is 3. The maximum atomic E-state index is 14.0. The molecule has 1 aliphatic heterocycles. The van der Waals surface area contributed by atoms with Crippen LogP contribution >= 0.6 is 27.3 Å². The lowest BCUT2D eigenvalue weighted by Crippen LogP contribution is -2.40. The van der Waals surface area contributed by atoms with Crippen molar-refractivity contribution in [2.45, 2.75) is 39.7 Å². The molecule has 0 saturated carbocycles. The number of thiazole rings is 1. The van der Waals surface area contributed by atoms with Crippen molar-refractivity contribution in [1.82, 2.24) is 4.57 Å². The van der Waals surface area contributed by atoms with E-state index in [1.807, 2.05) is 32.0 Å². The number of carbonyl (C=O) groups is 2. The molecule has 1 aliphatic rings. The molecule has 0 unspecified atom stereocenters. The first-order valence-electron chi connectivity index (χ1n) is 14.0. The summed E-state index contributed by atoms with van der Waals surface area (Å²) in [4.78, 5) is 44.6. The number of hydrogen-bond acceptors (Lipinski definition) is 9. The van der Waals surface area contributed by atoms with E-state index in [-0.39, 0.29) is 12.2 Å². The minimum atomic E-state index is -0.751. The van der Waals surface area contributed by atoms with Crippen LogP contribution in [0.25, 0.3) is 17.4 Å². The first kappa shape index (κ1) is 31.2. The molecule has 228 valence electrons. The number of halogens is 1. The third-order valence-electron chi connectivity index (χ3n) is 7.20. The van der Waals surface area contributed by atoms with E-state index in [1.54, 1.807) is 55.0 Å². The van der Waals surface area contributed by atoms with E-state index in [0.717, 1.165) is 17.5 Å². The number of aryl methyl sites for hydroxylation is 1. The maximum absolute atomic E-state index is 14.0. The first-order chi connectivity index (χ1) is 21.2. The molecule has 0 spiro atoms. The lowest BCUT2D eigenvalue weighted by atomic mass is 9.94. The van der Waals surface area contributed by atoms with Gasteiger partial charge in [0.25, 0.3) is 5.56 Å². The van der Waals surface area contributed by atoms with Crippen LogP contribution in [0.1, 0.15) is 60.0 Å². The summed E-state index contributed by atoms with van der Waals surface area (Å²) >= 11 is 4.78. The fourth-order valence-electron chi connectivity index (χ4n) is 5.18. The topological polar surface area (TPSA) is 109 Å². The van der Waals surface area contributed by atoms with Gasteiger partial charge in [-0.3, -0.25) is 9.36 Å². The molecule has 5 rings (SSSR count). The zero-order valence-electron chi connectivity index (χ0n) is 24.9. The zero-order chi connectivity index (χ0) is 31.5. The van der Waals surface area contributed by atoms with Crippen LogP contribution in [0.4, 0.5) is 0 Å². The van der Waals surface area contributed by atoms with Gasteiger partial charge in [-0.15, -0.1) is 0 Å². The van der Waals surface area contributed by atoms with Crippen molar-refractivity contribution < 1.29 is 28.2 Å². The van der Waals surface area contributed by atoms with Crippen molar-refractivity contribution >= 4 is 45.3 Å². The van der Waals surface area contributed by atoms with Crippen LogP contribution in [0.3, 0.4) is 0 Å². The highest BCUT2D eigenvalue weighted by Crippen LogP contribution is 2.36. The highest BCUT2D eigenvalue weighted by molar-refractivity contribution is 9.10. The molecular weight excluding hydrogens is 648 g/mol. The molecule has 44 heavy (non-hydrogen) atoms. The standard InChI is InChI=1S/C33H31BrN2O7S/c1-6-8-24-28(32(39)42-7-2)29(19-10-13-26(40-4)23(34)16-19)36-30(37)27(44-33(36)35-24)17-21-11-14-25(43-21)22-12-9-20(15-18(22)3)31(38)41-5/h9-17,29H,6-8H2,1-5H3/b27-17+/t29-/m1/s1. The molecule has 0 aliphatic carbocycles. The molecule has 9 nitrogen and oxygen atoms in total. The Morgan fingerprint density at radius 2 is 1.89 bits per heavy atom. The predicted molar refractivity (Wildman–Crippen MR) is 171 cm³/mol. The molecule has 2 aromatic carbocycles. The van der Waals surface area contributed by atoms with E-state index >= 15 is 0 Å². The molecule has 2 aromatic heterocycles. The van der Waals surface area contributed by atoms with E-state index in [9.17, 15) is 14.4 Å². The Hall–Kier alpha value is -4.22. The van der Waals surface area contributed by atoms with E-state index in [4.69, 9.17) is 23.6 Å². The molecule has 0 radical (unpaired) electrons. The predicted octanol–water partition coefficient (Wildman–Crippen LogP) is 5.70. The van der Waals surface area contributed by atoms with E-state index in [0.29, 0.717) is 59.9 Å². The number of methoxy groups -OCH3 is 2. The fraction of sp³-hybridized carbons (Fsp3) is 0.273. The van der Waals surface area contributed by atoms with E-state index < -0.39 is 18.0 Å². The van der Waals surface area contributed by atoms with Crippen molar-refractivity contribution in [3.63, 3.8) is 0 Å². The van der Waals surface area contributed by atoms with Crippen LogP contribution < -0.4 is 19.6 Å². The van der Waals surface area contributed by atoms with Gasteiger partial charge in [-0.2, -0.15) is 0 Å². The van der Waals surface area contributed by atoms with Crippen molar-refractivity contribution in [2.24, 2.45) is 4.99 Å². The number of allylic oxidation sites excluding steroid dienone is 1. The largest absolute Gasteiger partial charge is 0.496 e. The highest BCUT2D eigenvalue weighted by atomic mass is 79.9. The Balaban J connectivity index is 1.64. The third-order valence-corrected chi connectivity index (χ3v) is 8.80. The molecule has 0 fully saturated rings. The monoisotopic (exact) mass is 678 g/mol. The van der Waals surface area contributed by atoms with Crippen molar-refractivity contribution in [3.8, 4) is 17.1 Å². The van der Waals surface area contributed by atoms with Crippen LogP contribution in [0, 0.1) is 6.92 Å². The molecule has 0 amide bonds. The summed E-state index contributed by atoms with van der Waals surface area (Å²) in [6.07, 6.45) is 2.98. The molecule has 1 atom stereocenters. The quantitative estimate of drug-likeness (QED) is 0.209. The maximum Gasteiger partial charge on any atom is 0.338 e. The molecule has 0 bridgehead atoms. The number of benzene rings is 2. The number of nitrogens with zero attached hydrogens (tertiary/aromatic N) is 2. The molecule has 0 saturated heterocycles. The number of furan rings is 1. The first-order valence-corrected chi connectivity index (χ1v) is 15.7. The Kier molecular flexibility index (Phi) is 9.36. The summed E-state index contributed by atoms with van der Waals surface area (Å²) in [7, 11) is 2.92. The van der Waals surface area contributed by atoms with Crippen LogP contribution in [0.2, 0.25) is 0 Å². The van der Waals surface area contributed by atoms with Gasteiger partial charge in [0.15, 0.2) is 4.80 Å². The minimum absolute atomic E-state index is 0.191. The van der Waals surface area contributed by atoms with E-state index in [2.05, 4.69) is 15.9 Å². The smallest absolute Gasteiger partial charge is 0.338 e. The summed E-state index contributed by atoms with van der Waals surface area (Å²) in [5.74, 6) is 0.775. The number of fused-ring (bicyclic) bond motifs is 1. The summed E-state index contributed by atoms with van der Waals surface area (Å²) in [5.41, 5.74) is 3.45. The summed E-state index contributed by atoms with van der Waals surface area (Å²) in [6.45, 7) is 5.84. The van der Waals surface area contributed by atoms with Gasteiger partial charge in [-0.05, 0) is 83.7 Å². The molecule has 4 aromatic rings. The van der Waals surface area contributed by atoms with E-state index in [1.165, 1.54) is 18.4 Å². The Bertz CT molecular complexity index is 1970. The summed E-state index contributed by atoms with van der Waals surface area (Å²) in [6, 6.07) is 13.6. The van der Waals surface area contributed by atoms with Crippen molar-refractivity contribution in [2.75, 3.05) is 20.8 Å². The number of rotatable bonds is 9. The fourth-order valence-corrected chi connectivity index (χ4v) is 6.74. The minimum Gasteiger partial charge on any atom is -0.496 e. The van der Waals surface area contributed by atoms with Gasteiger partial charge >= 0.3 is 11.9 Å². The van der Waals surface area contributed by atoms with Gasteiger partial charge in [-0.1, -0.05) is 36.8 Å². The van der Waals surface area contributed by atoms with Crippen LogP contribution in [0.15, 0.2) is 78.5 Å². The Morgan fingerprint density at radius 3 is 2.55 bits per heavy atom. The lowest BCUT2D eigenvalue weighted by Gasteiger charge is -2.26. The lowest BCUT2D eigenvalue weighted by molar-refractivity contribution is -0.139. The summed E-state index contributed by atoms with van der Waals surface area (Å²) < 4.78 is 24.5. The average Bonchev–Trinajstić information content (AvgIpc) is 3.60. The Labute approximate surface area is 266 Å². The molecular formula is C33H31BrN2O7S. The SMILES string of the molecule is CCCC1=C(C(=O)OCC)[C@@H](c2ccc(OC)c(Br)c2)n2c(s/c(=C/c3ccc(-c4ccc(C(=O)OC)cc4C)o3)c2=O)=N1. The van der Waals surface area contributed by atoms with Crippen LogP contribution in [0.5, 0.6) is 5.75 Å². The normalized spacial score (nSPS) is 14.7. The Morgan fingerprint density at radius 1 is 1.09 bits per heavy atom. The van der Waals surface area contributed by atoms with Gasteiger partial charge in [0, 0.05) is 11.6 Å². The van der Waals surface area contributed by atoms with Crippen molar-refractivity contribution in [1.29, 1.82) is 0 Å². The van der Waals surface area contributed by atoms with Gasteiger partial charge < -0.3 is 18.6 Å². The van der Waals surface area contributed by atoms with Gasteiger partial charge in [0.2, 0.25) is 0 Å². The highest BCUT2D eigenvalue weighted by Gasteiger charge is 2.34. The van der Waals surface area contributed by atoms with Gasteiger partial charge in [0.1, 0.15) is 17.3 Å². The average molecular weight is 680 g/mol. The second-order valence-electron chi connectivity index (χ2n) is 10.0. The number of carbonyl (C=O) groups excluding carboxylic acids is 2. The number of hydrogen-bond donors (Lipinski definition) is 0. The van der Waals surface area contributed by atoms with Crippen LogP contribution in [-0.2, 0) is 14.3 Å². The zero-order valence-corrected chi connectivity index (χ0v) is 27.3. The van der Waals surface area contributed by atoms with Gasteiger partial charge in [-0.25, -0.2) is 14.6 Å². The second-order valence-corrected chi connectivity index (χ2v) is 11.9. The number of esters is 2. The third kappa shape index (κ3) is 5.94. The van der Waals surface area contributed by atoms with Crippen molar-refractivity contribution in [3.05, 3.63) is 106 Å². The summed E-state index contributed by atoms with van der Waals surface area (Å²) in [5, 5.41) is 0. The molecule has 0 N–H and O–H groups in total.